The quantitative estimate of drug-likeness (QED) is 0.931. The zero-order valence-electron chi connectivity index (χ0n) is 10.9. The molecule has 1 heterocycles. The number of fused-ring (bicyclic) bond motifs is 1. The lowest BCUT2D eigenvalue weighted by Crippen LogP contribution is -2.22. The second-order valence-corrected chi connectivity index (χ2v) is 5.78. The van der Waals surface area contributed by atoms with Crippen molar-refractivity contribution in [3.05, 3.63) is 17.2 Å². The summed E-state index contributed by atoms with van der Waals surface area (Å²) in [5.41, 5.74) is 0.553. The molecule has 1 aromatic carbocycles. The number of carbonyl (C=O) groups excluding carboxylic acids is 1. The van der Waals surface area contributed by atoms with Gasteiger partial charge in [-0.2, -0.15) is 11.8 Å². The normalized spacial score (nSPS) is 15.5. The Morgan fingerprint density at radius 2 is 2.00 bits per heavy atom. The monoisotopic (exact) mass is 301 g/mol. The number of thioether (sulfide) groups is 1. The summed E-state index contributed by atoms with van der Waals surface area (Å²) in [5, 5.41) is 3.12. The summed E-state index contributed by atoms with van der Waals surface area (Å²) in [4.78, 5) is 11.9. The lowest BCUT2D eigenvalue weighted by atomic mass is 10.2. The molecule has 0 saturated carbocycles. The molecule has 0 saturated heterocycles. The van der Waals surface area contributed by atoms with Crippen LogP contribution in [0.1, 0.15) is 13.3 Å². The van der Waals surface area contributed by atoms with Crippen molar-refractivity contribution in [3.8, 4) is 11.5 Å². The molecule has 0 aromatic heterocycles. The number of amides is 1. The summed E-state index contributed by atoms with van der Waals surface area (Å²) in [6, 6.07) is 3.40. The number of anilines is 1. The highest BCUT2D eigenvalue weighted by Gasteiger charge is 2.17. The van der Waals surface area contributed by atoms with E-state index in [0.29, 0.717) is 35.4 Å². The van der Waals surface area contributed by atoms with Gasteiger partial charge in [0.25, 0.3) is 0 Å². The molecule has 19 heavy (non-hydrogen) atoms. The molecule has 0 radical (unpaired) electrons. The Labute approximate surface area is 121 Å². The molecule has 0 spiro atoms. The number of rotatable bonds is 3. The number of carbonyl (C=O) groups is 1. The van der Waals surface area contributed by atoms with Crippen molar-refractivity contribution < 1.29 is 14.3 Å². The van der Waals surface area contributed by atoms with Crippen LogP contribution >= 0.6 is 23.4 Å². The summed E-state index contributed by atoms with van der Waals surface area (Å²) in [5.74, 6) is 1.16. The highest BCUT2D eigenvalue weighted by Crippen LogP contribution is 2.37. The van der Waals surface area contributed by atoms with E-state index < -0.39 is 0 Å². The van der Waals surface area contributed by atoms with Gasteiger partial charge in [-0.05, 0) is 13.2 Å². The van der Waals surface area contributed by atoms with Crippen LogP contribution in [0, 0.1) is 0 Å². The van der Waals surface area contributed by atoms with Crippen LogP contribution in [0.5, 0.6) is 11.5 Å². The summed E-state index contributed by atoms with van der Waals surface area (Å²) in [6.45, 7) is 3.05. The van der Waals surface area contributed by atoms with E-state index in [4.69, 9.17) is 21.1 Å². The van der Waals surface area contributed by atoms with Gasteiger partial charge in [0.15, 0.2) is 11.5 Å². The molecule has 1 atom stereocenters. The predicted octanol–water partition coefficient (Wildman–Crippen LogP) is 3.19. The molecule has 1 aromatic rings. The lowest BCUT2D eigenvalue weighted by molar-refractivity contribution is -0.115. The van der Waals surface area contributed by atoms with Crippen LogP contribution in [0.2, 0.25) is 5.02 Å². The number of hydrogen-bond donors (Lipinski definition) is 1. The SMILES string of the molecule is CS[C@@H](C)C(=O)Nc1cc2c(cc1Cl)OCCCO2. The summed E-state index contributed by atoms with van der Waals surface area (Å²) in [7, 11) is 0. The van der Waals surface area contributed by atoms with Gasteiger partial charge in [-0.3, -0.25) is 4.79 Å². The first-order valence-electron chi connectivity index (χ1n) is 6.04. The molecule has 104 valence electrons. The number of halogens is 1. The van der Waals surface area contributed by atoms with Crippen molar-refractivity contribution in [3.63, 3.8) is 0 Å². The zero-order chi connectivity index (χ0) is 13.8. The second-order valence-electron chi connectivity index (χ2n) is 4.20. The third kappa shape index (κ3) is 3.48. The Balaban J connectivity index is 2.22. The van der Waals surface area contributed by atoms with E-state index in [1.54, 1.807) is 12.1 Å². The second kappa shape index (κ2) is 6.39. The largest absolute Gasteiger partial charge is 0.490 e. The fraction of sp³-hybridized carbons (Fsp3) is 0.462. The first-order valence-corrected chi connectivity index (χ1v) is 7.71. The van der Waals surface area contributed by atoms with Crippen LogP contribution in [-0.4, -0.2) is 30.6 Å². The van der Waals surface area contributed by atoms with E-state index >= 15 is 0 Å². The first-order chi connectivity index (χ1) is 9.11. The molecule has 6 heteroatoms. The van der Waals surface area contributed by atoms with Crippen LogP contribution < -0.4 is 14.8 Å². The van der Waals surface area contributed by atoms with Crippen LogP contribution in [0.15, 0.2) is 12.1 Å². The standard InChI is InChI=1S/C13H16ClNO3S/c1-8(19-2)13(16)15-10-7-12-11(6-9(10)14)17-4-3-5-18-12/h6-8H,3-5H2,1-2H3,(H,15,16)/t8-/m0/s1. The molecule has 0 fully saturated rings. The molecule has 0 unspecified atom stereocenters. The van der Waals surface area contributed by atoms with Crippen LogP contribution in [0.25, 0.3) is 0 Å². The fourth-order valence-corrected chi connectivity index (χ4v) is 2.10. The minimum atomic E-state index is -0.132. The first kappa shape index (κ1) is 14.3. The average Bonchev–Trinajstić information content (AvgIpc) is 2.63. The van der Waals surface area contributed by atoms with Crippen LogP contribution in [0.3, 0.4) is 0 Å². The van der Waals surface area contributed by atoms with Gasteiger partial charge in [0.1, 0.15) is 0 Å². The number of nitrogens with one attached hydrogen (secondary N) is 1. The van der Waals surface area contributed by atoms with Gasteiger partial charge in [-0.15, -0.1) is 0 Å². The molecule has 2 rings (SSSR count). The molecule has 1 aliphatic heterocycles. The Morgan fingerprint density at radius 3 is 2.63 bits per heavy atom. The van der Waals surface area contributed by atoms with Crippen molar-refractivity contribution in [2.75, 3.05) is 24.8 Å². The number of hydrogen-bond acceptors (Lipinski definition) is 4. The Hall–Kier alpha value is -1.07. The number of benzene rings is 1. The van der Waals surface area contributed by atoms with Crippen LogP contribution in [-0.2, 0) is 4.79 Å². The highest BCUT2D eigenvalue weighted by atomic mass is 35.5. The van der Waals surface area contributed by atoms with Crippen LogP contribution in [0.4, 0.5) is 5.69 Å². The Morgan fingerprint density at radius 1 is 1.37 bits per heavy atom. The summed E-state index contributed by atoms with van der Waals surface area (Å²) in [6.07, 6.45) is 2.72. The lowest BCUT2D eigenvalue weighted by Gasteiger charge is -2.14. The van der Waals surface area contributed by atoms with E-state index in [2.05, 4.69) is 5.32 Å². The molecule has 1 N–H and O–H groups in total. The fourth-order valence-electron chi connectivity index (χ4n) is 1.62. The molecule has 1 aliphatic rings. The minimum Gasteiger partial charge on any atom is -0.490 e. The zero-order valence-corrected chi connectivity index (χ0v) is 12.4. The van der Waals surface area contributed by atoms with Gasteiger partial charge < -0.3 is 14.8 Å². The molecule has 1 amide bonds. The van der Waals surface area contributed by atoms with Gasteiger partial charge in [-0.25, -0.2) is 0 Å². The smallest absolute Gasteiger partial charge is 0.237 e. The van der Waals surface area contributed by atoms with Crippen molar-refractivity contribution in [2.45, 2.75) is 18.6 Å². The van der Waals surface area contributed by atoms with Gasteiger partial charge in [0.2, 0.25) is 5.91 Å². The predicted molar refractivity (Wildman–Crippen MR) is 78.7 cm³/mol. The molecule has 0 bridgehead atoms. The molecular formula is C13H16ClNO3S. The number of ether oxygens (including phenoxy) is 2. The van der Waals surface area contributed by atoms with Crippen molar-refractivity contribution in [1.29, 1.82) is 0 Å². The highest BCUT2D eigenvalue weighted by molar-refractivity contribution is 7.99. The van der Waals surface area contributed by atoms with E-state index in [0.717, 1.165) is 6.42 Å². The van der Waals surface area contributed by atoms with E-state index in [1.165, 1.54) is 11.8 Å². The topological polar surface area (TPSA) is 47.6 Å². The van der Waals surface area contributed by atoms with E-state index in [1.807, 2.05) is 13.2 Å². The minimum absolute atomic E-state index is 0.0797. The average molecular weight is 302 g/mol. The van der Waals surface area contributed by atoms with Crippen molar-refractivity contribution in [1.82, 2.24) is 0 Å². The maximum Gasteiger partial charge on any atom is 0.237 e. The third-order valence-corrected chi connectivity index (χ3v) is 4.05. The van der Waals surface area contributed by atoms with E-state index in [-0.39, 0.29) is 11.2 Å². The van der Waals surface area contributed by atoms with Gasteiger partial charge in [0, 0.05) is 18.6 Å². The molecule has 0 aliphatic carbocycles. The third-order valence-electron chi connectivity index (χ3n) is 2.82. The van der Waals surface area contributed by atoms with Crippen molar-refractivity contribution in [2.24, 2.45) is 0 Å². The van der Waals surface area contributed by atoms with E-state index in [9.17, 15) is 4.79 Å². The maximum absolute atomic E-state index is 11.9. The van der Waals surface area contributed by atoms with Gasteiger partial charge in [-0.1, -0.05) is 11.6 Å². The summed E-state index contributed by atoms with van der Waals surface area (Å²) < 4.78 is 11.1. The maximum atomic E-state index is 11.9. The Bertz CT molecular complexity index is 481. The summed E-state index contributed by atoms with van der Waals surface area (Å²) >= 11 is 7.63. The van der Waals surface area contributed by atoms with Crippen molar-refractivity contribution >= 4 is 35.0 Å². The Kier molecular flexibility index (Phi) is 4.82. The molecule has 4 nitrogen and oxygen atoms in total. The molecular weight excluding hydrogens is 286 g/mol. The van der Waals surface area contributed by atoms with Gasteiger partial charge in [0.05, 0.1) is 29.2 Å². The van der Waals surface area contributed by atoms with Gasteiger partial charge >= 0.3 is 0 Å².